The maximum atomic E-state index is 12.6. The average molecular weight is 300 g/mol. The Morgan fingerprint density at radius 3 is 2.82 bits per heavy atom. The number of piperidine rings is 1. The number of amides is 1. The van der Waals surface area contributed by atoms with Gasteiger partial charge in [-0.3, -0.25) is 4.79 Å². The van der Waals surface area contributed by atoms with Crippen molar-refractivity contribution in [1.29, 1.82) is 0 Å². The Morgan fingerprint density at radius 2 is 2.09 bits per heavy atom. The summed E-state index contributed by atoms with van der Waals surface area (Å²) in [5.41, 5.74) is 2.93. The van der Waals surface area contributed by atoms with E-state index in [2.05, 4.69) is 36.5 Å². The lowest BCUT2D eigenvalue weighted by Crippen LogP contribution is -2.49. The van der Waals surface area contributed by atoms with Crippen LogP contribution in [-0.4, -0.2) is 43.2 Å². The van der Waals surface area contributed by atoms with E-state index in [9.17, 15) is 4.79 Å². The molecule has 3 aliphatic heterocycles. The molecule has 0 saturated carbocycles. The summed E-state index contributed by atoms with van der Waals surface area (Å²) in [6.07, 6.45) is 2.78. The van der Waals surface area contributed by atoms with E-state index in [1.807, 2.05) is 4.90 Å². The number of fused-ring (bicyclic) bond motifs is 2. The second-order valence-electron chi connectivity index (χ2n) is 7.17. The molecule has 3 aliphatic rings. The van der Waals surface area contributed by atoms with Gasteiger partial charge in [0.05, 0.1) is 6.61 Å². The van der Waals surface area contributed by atoms with Crippen LogP contribution in [0.4, 0.5) is 5.69 Å². The second-order valence-corrected chi connectivity index (χ2v) is 7.17. The highest BCUT2D eigenvalue weighted by atomic mass is 16.5. The second kappa shape index (κ2) is 5.27. The van der Waals surface area contributed by atoms with Crippen molar-refractivity contribution in [2.24, 2.45) is 5.92 Å². The molecule has 1 spiro atoms. The number of ether oxygens (including phenoxy) is 1. The van der Waals surface area contributed by atoms with Crippen molar-refractivity contribution in [1.82, 2.24) is 4.90 Å². The highest BCUT2D eigenvalue weighted by molar-refractivity contribution is 5.81. The summed E-state index contributed by atoms with van der Waals surface area (Å²) in [4.78, 5) is 14.6. The summed E-state index contributed by atoms with van der Waals surface area (Å²) < 4.78 is 5.65. The molecule has 0 bridgehead atoms. The van der Waals surface area contributed by atoms with E-state index >= 15 is 0 Å². The van der Waals surface area contributed by atoms with Crippen LogP contribution in [0.2, 0.25) is 0 Å². The number of carbonyl (C=O) groups excluding carboxylic acids is 1. The van der Waals surface area contributed by atoms with Gasteiger partial charge in [0.15, 0.2) is 0 Å². The van der Waals surface area contributed by atoms with Crippen molar-refractivity contribution in [3.63, 3.8) is 0 Å². The van der Waals surface area contributed by atoms with Crippen molar-refractivity contribution >= 4 is 11.6 Å². The molecule has 4 nitrogen and oxygen atoms in total. The first-order chi connectivity index (χ1) is 10.7. The van der Waals surface area contributed by atoms with Gasteiger partial charge in [-0.25, -0.2) is 0 Å². The van der Waals surface area contributed by atoms with Crippen LogP contribution < -0.4 is 5.32 Å². The van der Waals surface area contributed by atoms with Crippen LogP contribution in [0.25, 0.3) is 0 Å². The molecule has 1 aromatic carbocycles. The Kier molecular flexibility index (Phi) is 3.37. The third-order valence-electron chi connectivity index (χ3n) is 5.62. The first-order valence-electron chi connectivity index (χ1n) is 8.42. The first kappa shape index (κ1) is 14.1. The van der Waals surface area contributed by atoms with Crippen molar-refractivity contribution in [2.75, 3.05) is 31.6 Å². The maximum absolute atomic E-state index is 12.6. The van der Waals surface area contributed by atoms with Gasteiger partial charge in [0, 0.05) is 30.7 Å². The molecule has 0 radical (unpaired) electrons. The molecule has 118 valence electrons. The van der Waals surface area contributed by atoms with Crippen LogP contribution in [0.3, 0.4) is 0 Å². The molecule has 1 N–H and O–H groups in total. The number of likely N-dealkylation sites (tertiary alicyclic amines) is 1. The van der Waals surface area contributed by atoms with Gasteiger partial charge in [-0.1, -0.05) is 25.1 Å². The minimum Gasteiger partial charge on any atom is -0.384 e. The zero-order valence-corrected chi connectivity index (χ0v) is 13.2. The maximum Gasteiger partial charge on any atom is 0.251 e. The van der Waals surface area contributed by atoms with Gasteiger partial charge in [-0.05, 0) is 36.8 Å². The molecule has 4 heteroatoms. The summed E-state index contributed by atoms with van der Waals surface area (Å²) in [6.45, 7) is 5.59. The quantitative estimate of drug-likeness (QED) is 0.866. The smallest absolute Gasteiger partial charge is 0.251 e. The third-order valence-corrected chi connectivity index (χ3v) is 5.62. The van der Waals surface area contributed by atoms with Crippen molar-refractivity contribution in [3.8, 4) is 0 Å². The number of benzene rings is 1. The molecular weight excluding hydrogens is 276 g/mol. The molecule has 2 fully saturated rings. The third kappa shape index (κ3) is 2.21. The summed E-state index contributed by atoms with van der Waals surface area (Å²) in [5.74, 6) is 0.717. The SMILES string of the molecule is CC1COC(C(=O)N2CCC3(CC2)CNc2ccccc23)C1. The fourth-order valence-corrected chi connectivity index (χ4v) is 4.22. The molecule has 2 atom stereocenters. The number of hydrogen-bond donors (Lipinski definition) is 1. The molecular formula is C18H24N2O2. The first-order valence-corrected chi connectivity index (χ1v) is 8.42. The van der Waals surface area contributed by atoms with E-state index in [-0.39, 0.29) is 17.4 Å². The zero-order chi connectivity index (χ0) is 15.2. The number of para-hydroxylation sites is 1. The number of hydrogen-bond acceptors (Lipinski definition) is 3. The Hall–Kier alpha value is -1.55. The number of anilines is 1. The minimum atomic E-state index is -0.196. The van der Waals surface area contributed by atoms with Crippen molar-refractivity contribution in [3.05, 3.63) is 29.8 Å². The van der Waals surface area contributed by atoms with Crippen LogP contribution in [0.15, 0.2) is 24.3 Å². The number of carbonyl (C=O) groups is 1. The molecule has 3 heterocycles. The van der Waals surface area contributed by atoms with Crippen LogP contribution in [-0.2, 0) is 14.9 Å². The summed E-state index contributed by atoms with van der Waals surface area (Å²) >= 11 is 0. The van der Waals surface area contributed by atoms with Crippen LogP contribution >= 0.6 is 0 Å². The fraction of sp³-hybridized carbons (Fsp3) is 0.611. The molecule has 2 saturated heterocycles. The van der Waals surface area contributed by atoms with Crippen molar-refractivity contribution in [2.45, 2.75) is 37.7 Å². The van der Waals surface area contributed by atoms with E-state index < -0.39 is 0 Å². The van der Waals surface area contributed by atoms with Gasteiger partial charge in [0.25, 0.3) is 5.91 Å². The minimum absolute atomic E-state index is 0.196. The number of rotatable bonds is 1. The summed E-state index contributed by atoms with van der Waals surface area (Å²) in [5, 5.41) is 3.54. The predicted octanol–water partition coefficient (Wildman–Crippen LogP) is 2.40. The summed E-state index contributed by atoms with van der Waals surface area (Å²) in [6, 6.07) is 8.62. The number of nitrogens with one attached hydrogen (secondary N) is 1. The Bertz CT molecular complexity index is 578. The van der Waals surface area contributed by atoms with E-state index in [1.54, 1.807) is 0 Å². The highest BCUT2D eigenvalue weighted by Crippen LogP contribution is 2.43. The Balaban J connectivity index is 1.44. The van der Waals surface area contributed by atoms with E-state index in [1.165, 1.54) is 11.3 Å². The van der Waals surface area contributed by atoms with Gasteiger partial charge in [0.1, 0.15) is 6.10 Å². The van der Waals surface area contributed by atoms with Gasteiger partial charge >= 0.3 is 0 Å². The molecule has 2 unspecified atom stereocenters. The highest BCUT2D eigenvalue weighted by Gasteiger charge is 2.43. The summed E-state index contributed by atoms with van der Waals surface area (Å²) in [7, 11) is 0. The topological polar surface area (TPSA) is 41.6 Å². The lowest BCUT2D eigenvalue weighted by molar-refractivity contribution is -0.142. The Labute approximate surface area is 131 Å². The van der Waals surface area contributed by atoms with Crippen LogP contribution in [0, 0.1) is 5.92 Å². The molecule has 0 aliphatic carbocycles. The lowest BCUT2D eigenvalue weighted by Gasteiger charge is -2.40. The molecule has 4 rings (SSSR count). The zero-order valence-electron chi connectivity index (χ0n) is 13.2. The Morgan fingerprint density at radius 1 is 1.32 bits per heavy atom. The largest absolute Gasteiger partial charge is 0.384 e. The normalized spacial score (nSPS) is 29.4. The fourth-order valence-electron chi connectivity index (χ4n) is 4.22. The number of nitrogens with zero attached hydrogens (tertiary/aromatic N) is 1. The monoisotopic (exact) mass is 300 g/mol. The molecule has 0 aromatic heterocycles. The van der Waals surface area contributed by atoms with Gasteiger partial charge in [-0.15, -0.1) is 0 Å². The predicted molar refractivity (Wildman–Crippen MR) is 85.9 cm³/mol. The van der Waals surface area contributed by atoms with Gasteiger partial charge in [0.2, 0.25) is 0 Å². The standard InChI is InChI=1S/C18H24N2O2/c1-13-10-16(22-11-13)17(21)20-8-6-18(7-9-20)12-19-15-5-3-2-4-14(15)18/h2-5,13,16,19H,6-12H2,1H3. The van der Waals surface area contributed by atoms with Crippen LogP contribution in [0.1, 0.15) is 31.7 Å². The van der Waals surface area contributed by atoms with Gasteiger partial charge < -0.3 is 15.0 Å². The molecule has 1 aromatic rings. The van der Waals surface area contributed by atoms with Crippen molar-refractivity contribution < 1.29 is 9.53 Å². The van der Waals surface area contributed by atoms with E-state index in [4.69, 9.17) is 4.74 Å². The van der Waals surface area contributed by atoms with Crippen LogP contribution in [0.5, 0.6) is 0 Å². The van der Waals surface area contributed by atoms with E-state index in [0.717, 1.165) is 45.5 Å². The average Bonchev–Trinajstić information content (AvgIpc) is 3.13. The molecule has 1 amide bonds. The molecule has 22 heavy (non-hydrogen) atoms. The lowest BCUT2D eigenvalue weighted by atomic mass is 9.74. The van der Waals surface area contributed by atoms with E-state index in [0.29, 0.717) is 5.92 Å². The van der Waals surface area contributed by atoms with Gasteiger partial charge in [-0.2, -0.15) is 0 Å².